The van der Waals surface area contributed by atoms with Crippen LogP contribution in [0.15, 0.2) is 36.0 Å². The Labute approximate surface area is 189 Å². The third kappa shape index (κ3) is 8.55. The van der Waals surface area contributed by atoms with Crippen LogP contribution in [-0.2, 0) is 19.0 Å². The molecular formula is C26H43NO4. The maximum Gasteiger partial charge on any atom is 0.243 e. The van der Waals surface area contributed by atoms with Crippen molar-refractivity contribution in [3.8, 4) is 0 Å². The molecule has 0 aromatic carbocycles. The zero-order chi connectivity index (χ0) is 23.0. The third-order valence-electron chi connectivity index (χ3n) is 6.51. The summed E-state index contributed by atoms with van der Waals surface area (Å²) >= 11 is 0. The van der Waals surface area contributed by atoms with E-state index >= 15 is 0 Å². The second-order valence-electron chi connectivity index (χ2n) is 9.87. The summed E-state index contributed by atoms with van der Waals surface area (Å²) in [5.74, 6) is 0.718. The Morgan fingerprint density at radius 2 is 2.03 bits per heavy atom. The minimum absolute atomic E-state index is 0.00390. The van der Waals surface area contributed by atoms with E-state index in [-0.39, 0.29) is 35.9 Å². The third-order valence-corrected chi connectivity index (χ3v) is 6.51. The standard InChI is InChI=1S/C26H43NO4/c1-18(2)8-13-25(28)27-23-16-20(4)24(31-21(23)5)12-10-19(3)9-11-22-17-26(6,29-7)14-15-30-22/h8-11,13,18,20-24H,12,14-17H2,1-7H3,(H,27,28)/b11-9+,13-8-,19-10+. The molecule has 0 aromatic heterocycles. The maximum absolute atomic E-state index is 12.1. The van der Waals surface area contributed by atoms with Crippen LogP contribution in [0.25, 0.3) is 0 Å². The van der Waals surface area contributed by atoms with Crippen molar-refractivity contribution in [3.05, 3.63) is 36.0 Å². The number of nitrogens with one attached hydrogen (secondary N) is 1. The van der Waals surface area contributed by atoms with Crippen molar-refractivity contribution in [2.24, 2.45) is 11.8 Å². The minimum Gasteiger partial charge on any atom is -0.378 e. The molecule has 31 heavy (non-hydrogen) atoms. The highest BCUT2D eigenvalue weighted by molar-refractivity contribution is 5.87. The van der Waals surface area contributed by atoms with E-state index in [1.165, 1.54) is 5.57 Å². The van der Waals surface area contributed by atoms with Gasteiger partial charge in [0.25, 0.3) is 0 Å². The van der Waals surface area contributed by atoms with Crippen LogP contribution in [0.4, 0.5) is 0 Å². The van der Waals surface area contributed by atoms with Crippen LogP contribution < -0.4 is 5.32 Å². The molecule has 1 amide bonds. The predicted molar refractivity (Wildman–Crippen MR) is 126 cm³/mol. The van der Waals surface area contributed by atoms with Gasteiger partial charge in [-0.05, 0) is 57.9 Å². The molecule has 2 heterocycles. The summed E-state index contributed by atoms with van der Waals surface area (Å²) < 4.78 is 17.8. The minimum atomic E-state index is -0.0943. The summed E-state index contributed by atoms with van der Waals surface area (Å²) in [7, 11) is 1.78. The van der Waals surface area contributed by atoms with E-state index in [1.54, 1.807) is 13.2 Å². The van der Waals surface area contributed by atoms with Gasteiger partial charge in [-0.3, -0.25) is 4.79 Å². The fraction of sp³-hybridized carbons (Fsp3) is 0.731. The van der Waals surface area contributed by atoms with Crippen LogP contribution in [0.3, 0.4) is 0 Å². The highest BCUT2D eigenvalue weighted by Gasteiger charge is 2.34. The van der Waals surface area contributed by atoms with Gasteiger partial charge in [0.15, 0.2) is 0 Å². The molecule has 2 aliphatic rings. The van der Waals surface area contributed by atoms with Crippen molar-refractivity contribution in [3.63, 3.8) is 0 Å². The van der Waals surface area contributed by atoms with Crippen molar-refractivity contribution >= 4 is 5.91 Å². The Hall–Kier alpha value is -1.43. The smallest absolute Gasteiger partial charge is 0.243 e. The molecule has 5 heteroatoms. The lowest BCUT2D eigenvalue weighted by atomic mass is 9.88. The first-order valence-electron chi connectivity index (χ1n) is 11.8. The van der Waals surface area contributed by atoms with E-state index in [1.807, 2.05) is 6.08 Å². The van der Waals surface area contributed by atoms with Gasteiger partial charge in [-0.15, -0.1) is 0 Å². The number of allylic oxidation sites excluding steroid dienone is 3. The maximum atomic E-state index is 12.1. The largest absolute Gasteiger partial charge is 0.378 e. The molecule has 6 unspecified atom stereocenters. The summed E-state index contributed by atoms with van der Waals surface area (Å²) in [6, 6.07) is 0.0547. The van der Waals surface area contributed by atoms with Gasteiger partial charge in [0.2, 0.25) is 5.91 Å². The lowest BCUT2D eigenvalue weighted by Gasteiger charge is -2.39. The van der Waals surface area contributed by atoms with Crippen molar-refractivity contribution in [1.82, 2.24) is 5.32 Å². The lowest BCUT2D eigenvalue weighted by Crippen LogP contribution is -2.50. The zero-order valence-corrected chi connectivity index (χ0v) is 20.5. The monoisotopic (exact) mass is 433 g/mol. The van der Waals surface area contributed by atoms with Crippen LogP contribution in [0.2, 0.25) is 0 Å². The van der Waals surface area contributed by atoms with E-state index in [9.17, 15) is 4.79 Å². The summed E-state index contributed by atoms with van der Waals surface area (Å²) in [6.07, 6.45) is 14.0. The van der Waals surface area contributed by atoms with E-state index < -0.39 is 0 Å². The number of carbonyl (C=O) groups excluding carboxylic acids is 1. The lowest BCUT2D eigenvalue weighted by molar-refractivity contribution is -0.123. The number of rotatable bonds is 8. The van der Waals surface area contributed by atoms with Gasteiger partial charge in [0.1, 0.15) is 0 Å². The molecule has 0 saturated carbocycles. The summed E-state index contributed by atoms with van der Waals surface area (Å²) in [6.45, 7) is 13.4. The Morgan fingerprint density at radius 1 is 1.29 bits per heavy atom. The summed E-state index contributed by atoms with van der Waals surface area (Å²) in [5, 5.41) is 3.11. The molecule has 2 fully saturated rings. The molecule has 0 bridgehead atoms. The topological polar surface area (TPSA) is 56.8 Å². The van der Waals surface area contributed by atoms with E-state index in [0.29, 0.717) is 11.8 Å². The molecule has 6 atom stereocenters. The average molecular weight is 434 g/mol. The van der Waals surface area contributed by atoms with Crippen LogP contribution in [0, 0.1) is 11.8 Å². The fourth-order valence-electron chi connectivity index (χ4n) is 4.17. The second kappa shape index (κ2) is 12.0. The van der Waals surface area contributed by atoms with Gasteiger partial charge in [-0.25, -0.2) is 0 Å². The highest BCUT2D eigenvalue weighted by atomic mass is 16.5. The van der Waals surface area contributed by atoms with Crippen LogP contribution >= 0.6 is 0 Å². The van der Waals surface area contributed by atoms with E-state index in [4.69, 9.17) is 14.2 Å². The first kappa shape index (κ1) is 25.8. The molecule has 0 radical (unpaired) electrons. The molecule has 176 valence electrons. The van der Waals surface area contributed by atoms with E-state index in [2.05, 4.69) is 65.1 Å². The number of amides is 1. The number of ether oxygens (including phenoxy) is 3. The first-order chi connectivity index (χ1) is 14.6. The molecule has 2 saturated heterocycles. The van der Waals surface area contributed by atoms with Crippen molar-refractivity contribution in [2.45, 2.75) is 97.2 Å². The fourth-order valence-corrected chi connectivity index (χ4v) is 4.17. The van der Waals surface area contributed by atoms with Crippen molar-refractivity contribution < 1.29 is 19.0 Å². The van der Waals surface area contributed by atoms with Crippen molar-refractivity contribution in [2.75, 3.05) is 13.7 Å². The summed E-state index contributed by atoms with van der Waals surface area (Å²) in [4.78, 5) is 12.1. The predicted octanol–water partition coefficient (Wildman–Crippen LogP) is 4.97. The zero-order valence-electron chi connectivity index (χ0n) is 20.5. The number of hydrogen-bond acceptors (Lipinski definition) is 4. The molecule has 5 nitrogen and oxygen atoms in total. The molecule has 1 N–H and O–H groups in total. The number of carbonyl (C=O) groups is 1. The molecule has 0 aliphatic carbocycles. The SMILES string of the molecule is COC1(C)CCOC(/C=C/C(C)=C/CC2OC(C)C(NC(=O)/C=C\C(C)C)CC2C)C1. The average Bonchev–Trinajstić information content (AvgIpc) is 2.72. The first-order valence-corrected chi connectivity index (χ1v) is 11.8. The molecule has 2 aliphatic heterocycles. The van der Waals surface area contributed by atoms with Crippen LogP contribution in [0.1, 0.15) is 67.2 Å². The van der Waals surface area contributed by atoms with E-state index in [0.717, 1.165) is 32.3 Å². The quantitative estimate of drug-likeness (QED) is 0.434. The van der Waals surface area contributed by atoms with Gasteiger partial charge in [-0.2, -0.15) is 0 Å². The number of hydrogen-bond donors (Lipinski definition) is 1. The Kier molecular flexibility index (Phi) is 9.98. The highest BCUT2D eigenvalue weighted by Crippen LogP contribution is 2.29. The Morgan fingerprint density at radius 3 is 2.71 bits per heavy atom. The molecule has 0 aromatic rings. The van der Waals surface area contributed by atoms with Gasteiger partial charge in [0.05, 0.1) is 36.6 Å². The van der Waals surface area contributed by atoms with Gasteiger partial charge in [-0.1, -0.05) is 50.6 Å². The van der Waals surface area contributed by atoms with Crippen molar-refractivity contribution in [1.29, 1.82) is 0 Å². The van der Waals surface area contributed by atoms with Crippen LogP contribution in [-0.4, -0.2) is 49.6 Å². The molecule has 0 spiro atoms. The normalized spacial score (nSPS) is 35.2. The van der Waals surface area contributed by atoms with Gasteiger partial charge >= 0.3 is 0 Å². The molecule has 2 rings (SSSR count). The second-order valence-corrected chi connectivity index (χ2v) is 9.87. The van der Waals surface area contributed by atoms with Crippen LogP contribution in [0.5, 0.6) is 0 Å². The van der Waals surface area contributed by atoms with Gasteiger partial charge in [0, 0.05) is 13.5 Å². The Bertz CT molecular complexity index is 668. The summed E-state index contributed by atoms with van der Waals surface area (Å²) in [5.41, 5.74) is 1.12. The van der Waals surface area contributed by atoms with Gasteiger partial charge < -0.3 is 19.5 Å². The molecular weight excluding hydrogens is 390 g/mol. The number of methoxy groups -OCH3 is 1. The Balaban J connectivity index is 1.84.